The lowest BCUT2D eigenvalue weighted by atomic mass is 9.80. The molecule has 4 N–H and O–H groups in total. The SMILES string of the molecule is NC(=O)OC(CC1CCC1)C(O)C(=O)NC1CC1. The van der Waals surface area contributed by atoms with Crippen LogP contribution in [0, 0.1) is 5.92 Å². The molecule has 0 aromatic heterocycles. The minimum absolute atomic E-state index is 0.171. The molecule has 2 saturated carbocycles. The van der Waals surface area contributed by atoms with Crippen molar-refractivity contribution < 1.29 is 19.4 Å². The molecule has 0 saturated heterocycles. The first-order valence-corrected chi connectivity index (χ1v) is 6.51. The summed E-state index contributed by atoms with van der Waals surface area (Å²) in [5.41, 5.74) is 4.98. The molecule has 0 aromatic rings. The molecule has 2 atom stereocenters. The summed E-state index contributed by atoms with van der Waals surface area (Å²) in [6.45, 7) is 0. The first kappa shape index (κ1) is 13.1. The van der Waals surface area contributed by atoms with Crippen molar-refractivity contribution in [3.63, 3.8) is 0 Å². The van der Waals surface area contributed by atoms with Crippen LogP contribution in [0.1, 0.15) is 38.5 Å². The van der Waals surface area contributed by atoms with Crippen LogP contribution in [0.2, 0.25) is 0 Å². The lowest BCUT2D eigenvalue weighted by Crippen LogP contribution is -2.46. The number of rotatable bonds is 6. The molecule has 0 bridgehead atoms. The van der Waals surface area contributed by atoms with Gasteiger partial charge < -0.3 is 20.9 Å². The molecule has 0 aliphatic heterocycles. The van der Waals surface area contributed by atoms with Gasteiger partial charge in [0.15, 0.2) is 6.10 Å². The molecule has 2 amide bonds. The zero-order chi connectivity index (χ0) is 13.1. The van der Waals surface area contributed by atoms with Crippen molar-refractivity contribution in [2.45, 2.75) is 56.8 Å². The van der Waals surface area contributed by atoms with Gasteiger partial charge in [0.05, 0.1) is 0 Å². The second-order valence-electron chi connectivity index (χ2n) is 5.24. The van der Waals surface area contributed by atoms with Gasteiger partial charge in [0.25, 0.3) is 5.91 Å². The van der Waals surface area contributed by atoms with Gasteiger partial charge in [0, 0.05) is 6.04 Å². The highest BCUT2D eigenvalue weighted by Crippen LogP contribution is 2.32. The monoisotopic (exact) mass is 256 g/mol. The highest BCUT2D eigenvalue weighted by Gasteiger charge is 2.35. The van der Waals surface area contributed by atoms with Crippen molar-refractivity contribution in [3.05, 3.63) is 0 Å². The van der Waals surface area contributed by atoms with E-state index in [4.69, 9.17) is 10.5 Å². The molecule has 102 valence electrons. The zero-order valence-corrected chi connectivity index (χ0v) is 10.3. The van der Waals surface area contributed by atoms with Gasteiger partial charge in [-0.05, 0) is 25.2 Å². The average molecular weight is 256 g/mol. The molecule has 2 aliphatic rings. The maximum atomic E-state index is 11.7. The average Bonchev–Trinajstić information content (AvgIpc) is 3.03. The number of nitrogens with two attached hydrogens (primary N) is 1. The zero-order valence-electron chi connectivity index (χ0n) is 10.3. The van der Waals surface area contributed by atoms with Gasteiger partial charge in [-0.2, -0.15) is 0 Å². The Bertz CT molecular complexity index is 326. The number of carbonyl (C=O) groups is 2. The van der Waals surface area contributed by atoms with E-state index in [1.165, 1.54) is 0 Å². The number of amides is 2. The Kier molecular flexibility index (Phi) is 4.06. The van der Waals surface area contributed by atoms with E-state index in [9.17, 15) is 14.7 Å². The Labute approximate surface area is 106 Å². The van der Waals surface area contributed by atoms with Crippen LogP contribution in [-0.4, -0.2) is 35.4 Å². The third-order valence-corrected chi connectivity index (χ3v) is 3.60. The minimum atomic E-state index is -1.32. The predicted octanol–water partition coefficient (Wildman–Crippen LogP) is 0.280. The van der Waals surface area contributed by atoms with Crippen LogP contribution < -0.4 is 11.1 Å². The van der Waals surface area contributed by atoms with Gasteiger partial charge >= 0.3 is 6.09 Å². The lowest BCUT2D eigenvalue weighted by molar-refractivity contribution is -0.136. The number of primary amides is 1. The van der Waals surface area contributed by atoms with E-state index >= 15 is 0 Å². The number of aliphatic hydroxyl groups is 1. The molecule has 2 aliphatic carbocycles. The summed E-state index contributed by atoms with van der Waals surface area (Å²) >= 11 is 0. The van der Waals surface area contributed by atoms with Crippen molar-refractivity contribution in [3.8, 4) is 0 Å². The molecule has 0 heterocycles. The molecule has 2 fully saturated rings. The van der Waals surface area contributed by atoms with Crippen molar-refractivity contribution in [2.24, 2.45) is 11.7 Å². The second kappa shape index (κ2) is 5.56. The topological polar surface area (TPSA) is 102 Å². The summed E-state index contributed by atoms with van der Waals surface area (Å²) in [5.74, 6) is -0.0548. The fraction of sp³-hybridized carbons (Fsp3) is 0.833. The van der Waals surface area contributed by atoms with Gasteiger partial charge in [0.2, 0.25) is 0 Å². The van der Waals surface area contributed by atoms with Gasteiger partial charge in [0.1, 0.15) is 6.10 Å². The van der Waals surface area contributed by atoms with Gasteiger partial charge in [-0.3, -0.25) is 4.79 Å². The highest BCUT2D eigenvalue weighted by atomic mass is 16.6. The molecule has 0 radical (unpaired) electrons. The molecule has 2 rings (SSSR count). The maximum absolute atomic E-state index is 11.7. The standard InChI is InChI=1S/C12H20N2O4/c13-12(17)18-9(6-7-2-1-3-7)10(15)11(16)14-8-4-5-8/h7-10,15H,1-6H2,(H2,13,17)(H,14,16). The van der Waals surface area contributed by atoms with Crippen molar-refractivity contribution in [1.82, 2.24) is 5.32 Å². The number of aliphatic hydroxyl groups excluding tert-OH is 1. The number of hydrogen-bond acceptors (Lipinski definition) is 4. The Morgan fingerprint density at radius 3 is 2.44 bits per heavy atom. The number of ether oxygens (including phenoxy) is 1. The molecule has 18 heavy (non-hydrogen) atoms. The first-order valence-electron chi connectivity index (χ1n) is 6.51. The fourth-order valence-corrected chi connectivity index (χ4v) is 2.13. The van der Waals surface area contributed by atoms with Gasteiger partial charge in [-0.1, -0.05) is 19.3 Å². The lowest BCUT2D eigenvalue weighted by Gasteiger charge is -2.30. The van der Waals surface area contributed by atoms with Gasteiger partial charge in [-0.15, -0.1) is 0 Å². The summed E-state index contributed by atoms with van der Waals surface area (Å²) in [5, 5.41) is 12.6. The van der Waals surface area contributed by atoms with Crippen molar-refractivity contribution >= 4 is 12.0 Å². The van der Waals surface area contributed by atoms with E-state index in [0.29, 0.717) is 12.3 Å². The minimum Gasteiger partial charge on any atom is -0.443 e. The Hall–Kier alpha value is -1.30. The fourth-order valence-electron chi connectivity index (χ4n) is 2.13. The van der Waals surface area contributed by atoms with Crippen molar-refractivity contribution in [1.29, 1.82) is 0 Å². The summed E-state index contributed by atoms with van der Waals surface area (Å²) in [6.07, 6.45) is 2.55. The maximum Gasteiger partial charge on any atom is 0.404 e. The number of hydrogen-bond donors (Lipinski definition) is 3. The third-order valence-electron chi connectivity index (χ3n) is 3.60. The van der Waals surface area contributed by atoms with E-state index in [-0.39, 0.29) is 6.04 Å². The molecule has 6 heteroatoms. The molecule has 0 aromatic carbocycles. The second-order valence-corrected chi connectivity index (χ2v) is 5.24. The smallest absolute Gasteiger partial charge is 0.404 e. The summed E-state index contributed by atoms with van der Waals surface area (Å²) in [6, 6.07) is 0.171. The quantitative estimate of drug-likeness (QED) is 0.635. The summed E-state index contributed by atoms with van der Waals surface area (Å²) in [7, 11) is 0. The number of nitrogens with one attached hydrogen (secondary N) is 1. The van der Waals surface area contributed by atoms with E-state index < -0.39 is 24.2 Å². The van der Waals surface area contributed by atoms with Crippen LogP contribution in [0.3, 0.4) is 0 Å². The Balaban J connectivity index is 1.87. The van der Waals surface area contributed by atoms with E-state index in [0.717, 1.165) is 32.1 Å². The van der Waals surface area contributed by atoms with Crippen LogP contribution in [0.5, 0.6) is 0 Å². The molecule has 0 spiro atoms. The van der Waals surface area contributed by atoms with Crippen molar-refractivity contribution in [2.75, 3.05) is 0 Å². The van der Waals surface area contributed by atoms with Gasteiger partial charge in [-0.25, -0.2) is 4.79 Å². The summed E-state index contributed by atoms with van der Waals surface area (Å²) in [4.78, 5) is 22.5. The van der Waals surface area contributed by atoms with Crippen LogP contribution in [0.4, 0.5) is 4.79 Å². The summed E-state index contributed by atoms with van der Waals surface area (Å²) < 4.78 is 4.87. The number of carbonyl (C=O) groups excluding carboxylic acids is 2. The normalized spacial score (nSPS) is 22.7. The van der Waals surface area contributed by atoms with Crippen LogP contribution >= 0.6 is 0 Å². The molecule has 2 unspecified atom stereocenters. The Morgan fingerprint density at radius 2 is 2.00 bits per heavy atom. The van der Waals surface area contributed by atoms with Crippen LogP contribution in [0.25, 0.3) is 0 Å². The first-order chi connectivity index (χ1) is 8.56. The Morgan fingerprint density at radius 1 is 1.33 bits per heavy atom. The largest absolute Gasteiger partial charge is 0.443 e. The van der Waals surface area contributed by atoms with Crippen LogP contribution in [0.15, 0.2) is 0 Å². The third kappa shape index (κ3) is 3.60. The highest BCUT2D eigenvalue weighted by molar-refractivity contribution is 5.82. The molecular formula is C12H20N2O4. The van der Waals surface area contributed by atoms with Crippen LogP contribution in [-0.2, 0) is 9.53 Å². The van der Waals surface area contributed by atoms with E-state index in [2.05, 4.69) is 5.32 Å². The predicted molar refractivity (Wildman–Crippen MR) is 63.6 cm³/mol. The molecule has 6 nitrogen and oxygen atoms in total. The molecular weight excluding hydrogens is 236 g/mol. The van der Waals surface area contributed by atoms with E-state index in [1.807, 2.05) is 0 Å². The van der Waals surface area contributed by atoms with E-state index in [1.54, 1.807) is 0 Å².